The zero-order valence-electron chi connectivity index (χ0n) is 9.99. The minimum atomic E-state index is -0.440. The summed E-state index contributed by atoms with van der Waals surface area (Å²) in [5.41, 5.74) is 7.18. The third kappa shape index (κ3) is 2.17. The summed E-state index contributed by atoms with van der Waals surface area (Å²) in [4.78, 5) is 15.0. The summed E-state index contributed by atoms with van der Waals surface area (Å²) in [6.07, 6.45) is 0.636. The van der Waals surface area contributed by atoms with E-state index in [1.165, 1.54) is 0 Å². The van der Waals surface area contributed by atoms with Gasteiger partial charge < -0.3 is 15.5 Å². The van der Waals surface area contributed by atoms with E-state index in [0.717, 1.165) is 16.7 Å². The number of ketones is 1. The zero-order chi connectivity index (χ0) is 12.4. The Kier molecular flexibility index (Phi) is 3.15. The normalized spacial score (nSPS) is 12.6. The molecular formula is C13H16N2O2. The Balaban J connectivity index is 2.41. The van der Waals surface area contributed by atoms with Gasteiger partial charge in [0, 0.05) is 17.0 Å². The highest BCUT2D eigenvalue weighted by atomic mass is 16.5. The molecule has 0 amide bonds. The van der Waals surface area contributed by atoms with Gasteiger partial charge in [0.1, 0.15) is 5.75 Å². The number of methoxy groups -OCH3 is 1. The molecule has 2 aromatic rings. The van der Waals surface area contributed by atoms with Crippen LogP contribution in [-0.4, -0.2) is 23.9 Å². The highest BCUT2D eigenvalue weighted by molar-refractivity contribution is 6.02. The molecule has 1 unspecified atom stereocenters. The first-order valence-corrected chi connectivity index (χ1v) is 5.62. The largest absolute Gasteiger partial charge is 0.497 e. The molecule has 0 spiro atoms. The van der Waals surface area contributed by atoms with Crippen LogP contribution >= 0.6 is 0 Å². The molecule has 1 heterocycles. The van der Waals surface area contributed by atoms with Gasteiger partial charge in [-0.3, -0.25) is 4.79 Å². The van der Waals surface area contributed by atoms with Crippen molar-refractivity contribution in [3.63, 3.8) is 0 Å². The van der Waals surface area contributed by atoms with E-state index in [4.69, 9.17) is 10.5 Å². The number of carbonyl (C=O) groups excluding carboxylic acids is 1. The molecule has 1 aromatic carbocycles. The van der Waals surface area contributed by atoms with E-state index in [1.807, 2.05) is 31.2 Å². The molecule has 0 aliphatic rings. The predicted molar refractivity (Wildman–Crippen MR) is 67.4 cm³/mol. The van der Waals surface area contributed by atoms with Gasteiger partial charge in [0.2, 0.25) is 0 Å². The van der Waals surface area contributed by atoms with Gasteiger partial charge in [-0.05, 0) is 24.6 Å². The number of ether oxygens (including phenoxy) is 1. The fourth-order valence-corrected chi connectivity index (χ4v) is 1.75. The molecule has 0 aliphatic carbocycles. The summed E-state index contributed by atoms with van der Waals surface area (Å²) in [6, 6.07) is 7.03. The third-order valence-corrected chi connectivity index (χ3v) is 2.87. The molecule has 4 nitrogen and oxygen atoms in total. The summed E-state index contributed by atoms with van der Waals surface area (Å²) < 4.78 is 5.13. The average Bonchev–Trinajstić information content (AvgIpc) is 2.79. The van der Waals surface area contributed by atoms with Crippen molar-refractivity contribution in [2.45, 2.75) is 19.4 Å². The molecule has 90 valence electrons. The van der Waals surface area contributed by atoms with Crippen LogP contribution in [0.1, 0.15) is 23.8 Å². The van der Waals surface area contributed by atoms with Crippen molar-refractivity contribution < 1.29 is 9.53 Å². The summed E-state index contributed by atoms with van der Waals surface area (Å²) >= 11 is 0. The lowest BCUT2D eigenvalue weighted by molar-refractivity contribution is 0.0955. The van der Waals surface area contributed by atoms with Crippen molar-refractivity contribution in [2.24, 2.45) is 5.73 Å². The highest BCUT2D eigenvalue weighted by Gasteiger charge is 2.16. The number of nitrogens with two attached hydrogens (primary N) is 1. The van der Waals surface area contributed by atoms with Crippen molar-refractivity contribution in [1.82, 2.24) is 4.98 Å². The third-order valence-electron chi connectivity index (χ3n) is 2.87. The molecule has 0 aliphatic heterocycles. The lowest BCUT2D eigenvalue weighted by Crippen LogP contribution is -2.29. The fourth-order valence-electron chi connectivity index (χ4n) is 1.75. The summed E-state index contributed by atoms with van der Waals surface area (Å²) in [5, 5.41) is 0.984. The van der Waals surface area contributed by atoms with E-state index in [-0.39, 0.29) is 5.78 Å². The summed E-state index contributed by atoms with van der Waals surface area (Å²) in [5.74, 6) is 0.709. The molecule has 1 atom stereocenters. The number of aromatic nitrogens is 1. The van der Waals surface area contributed by atoms with Crippen LogP contribution in [0.5, 0.6) is 5.75 Å². The van der Waals surface area contributed by atoms with Crippen molar-refractivity contribution in [3.8, 4) is 5.75 Å². The molecule has 3 N–H and O–H groups in total. The van der Waals surface area contributed by atoms with Gasteiger partial charge >= 0.3 is 0 Å². The molecule has 17 heavy (non-hydrogen) atoms. The predicted octanol–water partition coefficient (Wildman–Crippen LogP) is 2.10. The van der Waals surface area contributed by atoms with Gasteiger partial charge in [0.25, 0.3) is 0 Å². The van der Waals surface area contributed by atoms with Crippen LogP contribution in [0.25, 0.3) is 10.9 Å². The number of nitrogens with one attached hydrogen (secondary N) is 1. The lowest BCUT2D eigenvalue weighted by atomic mass is 10.1. The van der Waals surface area contributed by atoms with E-state index in [2.05, 4.69) is 4.98 Å². The molecule has 1 aromatic heterocycles. The lowest BCUT2D eigenvalue weighted by Gasteiger charge is -2.04. The number of rotatable bonds is 4. The maximum absolute atomic E-state index is 11.9. The average molecular weight is 232 g/mol. The Bertz CT molecular complexity index is 545. The molecular weight excluding hydrogens is 216 g/mol. The minimum absolute atomic E-state index is 0.0531. The molecule has 4 heteroatoms. The Morgan fingerprint density at radius 1 is 1.47 bits per heavy atom. The number of H-pyrrole nitrogens is 1. The second-order valence-electron chi connectivity index (χ2n) is 4.02. The number of hydrogen-bond acceptors (Lipinski definition) is 3. The molecule has 0 saturated carbocycles. The summed E-state index contributed by atoms with van der Waals surface area (Å²) in [7, 11) is 1.61. The van der Waals surface area contributed by atoms with Gasteiger partial charge in [-0.1, -0.05) is 6.92 Å². The molecule has 0 radical (unpaired) electrons. The molecule has 0 fully saturated rings. The Morgan fingerprint density at radius 3 is 2.88 bits per heavy atom. The van der Waals surface area contributed by atoms with Gasteiger partial charge in [-0.25, -0.2) is 0 Å². The van der Waals surface area contributed by atoms with Crippen molar-refractivity contribution in [2.75, 3.05) is 7.11 Å². The Morgan fingerprint density at radius 2 is 2.24 bits per heavy atom. The smallest absolute Gasteiger partial charge is 0.195 e. The van der Waals surface area contributed by atoms with Gasteiger partial charge in [0.05, 0.1) is 18.8 Å². The van der Waals surface area contributed by atoms with E-state index in [0.29, 0.717) is 12.1 Å². The van der Waals surface area contributed by atoms with Crippen LogP contribution in [0, 0.1) is 0 Å². The van der Waals surface area contributed by atoms with E-state index >= 15 is 0 Å². The van der Waals surface area contributed by atoms with E-state index in [1.54, 1.807) is 7.11 Å². The standard InChI is InChI=1S/C13H16N2O2/c1-3-10(14)13(16)12-6-8-4-5-9(17-2)7-11(8)15-12/h4-7,10,15H,3,14H2,1-2H3. The number of Topliss-reactive ketones (excluding diaryl/α,β-unsaturated/α-hetero) is 1. The van der Waals surface area contributed by atoms with Crippen LogP contribution in [0.15, 0.2) is 24.3 Å². The minimum Gasteiger partial charge on any atom is -0.497 e. The quantitative estimate of drug-likeness (QED) is 0.793. The molecule has 0 bridgehead atoms. The number of aromatic amines is 1. The number of hydrogen-bond donors (Lipinski definition) is 2. The zero-order valence-corrected chi connectivity index (χ0v) is 9.99. The maximum Gasteiger partial charge on any atom is 0.195 e. The molecule has 0 saturated heterocycles. The van der Waals surface area contributed by atoms with E-state index in [9.17, 15) is 4.79 Å². The van der Waals surface area contributed by atoms with Crippen LogP contribution < -0.4 is 10.5 Å². The van der Waals surface area contributed by atoms with E-state index < -0.39 is 6.04 Å². The van der Waals surface area contributed by atoms with Crippen molar-refractivity contribution in [1.29, 1.82) is 0 Å². The second-order valence-corrected chi connectivity index (χ2v) is 4.02. The van der Waals surface area contributed by atoms with Crippen LogP contribution in [-0.2, 0) is 0 Å². The summed E-state index contributed by atoms with van der Waals surface area (Å²) in [6.45, 7) is 1.90. The second kappa shape index (κ2) is 4.59. The first-order chi connectivity index (χ1) is 8.15. The van der Waals surface area contributed by atoms with Crippen LogP contribution in [0.4, 0.5) is 0 Å². The van der Waals surface area contributed by atoms with Crippen molar-refractivity contribution >= 4 is 16.7 Å². The Labute approximate surface area is 99.8 Å². The first-order valence-electron chi connectivity index (χ1n) is 5.62. The maximum atomic E-state index is 11.9. The van der Waals surface area contributed by atoms with Gasteiger partial charge in [-0.15, -0.1) is 0 Å². The fraction of sp³-hybridized carbons (Fsp3) is 0.308. The Hall–Kier alpha value is -1.81. The van der Waals surface area contributed by atoms with Crippen LogP contribution in [0.3, 0.4) is 0 Å². The van der Waals surface area contributed by atoms with Crippen molar-refractivity contribution in [3.05, 3.63) is 30.0 Å². The molecule has 2 rings (SSSR count). The topological polar surface area (TPSA) is 68.1 Å². The van der Waals surface area contributed by atoms with Gasteiger partial charge in [-0.2, -0.15) is 0 Å². The highest BCUT2D eigenvalue weighted by Crippen LogP contribution is 2.21. The number of carbonyl (C=O) groups is 1. The van der Waals surface area contributed by atoms with Crippen LogP contribution in [0.2, 0.25) is 0 Å². The van der Waals surface area contributed by atoms with Gasteiger partial charge in [0.15, 0.2) is 5.78 Å². The monoisotopic (exact) mass is 232 g/mol. The number of benzene rings is 1. The SMILES string of the molecule is CCC(N)C(=O)c1cc2ccc(OC)cc2[nH]1. The first kappa shape index (κ1) is 11.7. The number of fused-ring (bicyclic) bond motifs is 1.